The Morgan fingerprint density at radius 3 is 2.22 bits per heavy atom. The van der Waals surface area contributed by atoms with E-state index in [4.69, 9.17) is 14.2 Å². The molecule has 2 aromatic carbocycles. The molecule has 0 radical (unpaired) electrons. The van der Waals surface area contributed by atoms with Crippen LogP contribution in [0.3, 0.4) is 0 Å². The van der Waals surface area contributed by atoms with Gasteiger partial charge in [-0.05, 0) is 68.0 Å². The first-order chi connectivity index (χ1) is 17.7. The quantitative estimate of drug-likeness (QED) is 0.404. The molecule has 0 unspecified atom stereocenters. The minimum absolute atomic E-state index is 0.00929. The number of ether oxygens (including phenoxy) is 3. The molecule has 194 valence electrons. The topological polar surface area (TPSA) is 90.9 Å². The minimum atomic E-state index is -0.580. The molecular formula is C30H33NO6. The fraction of sp³-hybridized carbons (Fsp3) is 0.367. The summed E-state index contributed by atoms with van der Waals surface area (Å²) < 4.78 is 16.2. The average Bonchev–Trinajstić information content (AvgIpc) is 2.87. The maximum absolute atomic E-state index is 13.7. The molecule has 2 aliphatic rings. The Balaban J connectivity index is 1.74. The van der Waals surface area contributed by atoms with E-state index in [0.29, 0.717) is 41.9 Å². The van der Waals surface area contributed by atoms with Crippen LogP contribution >= 0.6 is 0 Å². The molecule has 1 aliphatic carbocycles. The number of hydrogen-bond acceptors (Lipinski definition) is 7. The van der Waals surface area contributed by atoms with Crippen molar-refractivity contribution < 1.29 is 28.6 Å². The summed E-state index contributed by atoms with van der Waals surface area (Å²) in [6.07, 6.45) is 1.41. The highest BCUT2D eigenvalue weighted by molar-refractivity contribution is 6.04. The number of allylic oxidation sites excluding steroid dienone is 3. The van der Waals surface area contributed by atoms with Crippen LogP contribution in [0, 0.1) is 0 Å². The SMILES string of the molecule is CC[C@@H](C)OC(=O)C1=C(C)NC2=C(C(=O)C[C@@H](c3ccc(OC)cc3)C2)[C@H]1c1ccc(OC(C)=O)cc1. The van der Waals surface area contributed by atoms with Crippen LogP contribution in [0.25, 0.3) is 0 Å². The van der Waals surface area contributed by atoms with Gasteiger partial charge in [-0.3, -0.25) is 9.59 Å². The van der Waals surface area contributed by atoms with Gasteiger partial charge in [0.25, 0.3) is 0 Å². The number of nitrogens with one attached hydrogen (secondary N) is 1. The Kier molecular flexibility index (Phi) is 7.81. The number of benzene rings is 2. The van der Waals surface area contributed by atoms with Crippen molar-refractivity contribution in [3.8, 4) is 11.5 Å². The third-order valence-corrected chi connectivity index (χ3v) is 6.99. The lowest BCUT2D eigenvalue weighted by Gasteiger charge is -2.37. The van der Waals surface area contributed by atoms with Crippen molar-refractivity contribution >= 4 is 17.7 Å². The standard InChI is InChI=1S/C30H33NO6/c1-6-17(2)36-30(34)27-18(3)31-25-15-22(20-7-11-23(35-5)12-8-20)16-26(33)29(25)28(27)21-9-13-24(14-10-21)37-19(4)32/h7-14,17,22,28,31H,6,15-16H2,1-5H3/t17-,22+,28+/m1/s1. The first kappa shape index (κ1) is 26.2. The Hall–Kier alpha value is -3.87. The predicted molar refractivity (Wildman–Crippen MR) is 139 cm³/mol. The molecule has 37 heavy (non-hydrogen) atoms. The van der Waals surface area contributed by atoms with Crippen molar-refractivity contribution in [1.82, 2.24) is 5.32 Å². The van der Waals surface area contributed by atoms with Gasteiger partial charge < -0.3 is 19.5 Å². The fourth-order valence-electron chi connectivity index (χ4n) is 4.98. The van der Waals surface area contributed by atoms with E-state index in [1.807, 2.05) is 45.0 Å². The van der Waals surface area contributed by atoms with Gasteiger partial charge >= 0.3 is 11.9 Å². The lowest BCUT2D eigenvalue weighted by molar-refractivity contribution is -0.144. The molecular weight excluding hydrogens is 470 g/mol. The van der Waals surface area contributed by atoms with Gasteiger partial charge in [-0.25, -0.2) is 4.79 Å². The molecule has 3 atom stereocenters. The largest absolute Gasteiger partial charge is 0.497 e. The molecule has 0 fully saturated rings. The van der Waals surface area contributed by atoms with Crippen LogP contribution in [-0.4, -0.2) is 30.9 Å². The number of hydrogen-bond donors (Lipinski definition) is 1. The average molecular weight is 504 g/mol. The lowest BCUT2D eigenvalue weighted by atomic mass is 9.71. The number of carbonyl (C=O) groups is 3. The summed E-state index contributed by atoms with van der Waals surface area (Å²) in [4.78, 5) is 38.5. The van der Waals surface area contributed by atoms with Crippen LogP contribution in [0.2, 0.25) is 0 Å². The maximum atomic E-state index is 13.7. The van der Waals surface area contributed by atoms with Crippen LogP contribution < -0.4 is 14.8 Å². The summed E-state index contributed by atoms with van der Waals surface area (Å²) in [6, 6.07) is 14.7. The zero-order valence-electron chi connectivity index (χ0n) is 21.9. The minimum Gasteiger partial charge on any atom is -0.497 e. The van der Waals surface area contributed by atoms with Crippen LogP contribution in [-0.2, 0) is 19.1 Å². The van der Waals surface area contributed by atoms with E-state index in [2.05, 4.69) is 5.32 Å². The smallest absolute Gasteiger partial charge is 0.337 e. The number of Topliss-reactive ketones (excluding diaryl/α,β-unsaturated/α-hetero) is 1. The molecule has 1 aliphatic heterocycles. The number of ketones is 1. The highest BCUT2D eigenvalue weighted by Gasteiger charge is 2.41. The summed E-state index contributed by atoms with van der Waals surface area (Å²) in [5.74, 6) is -0.266. The summed E-state index contributed by atoms with van der Waals surface area (Å²) in [7, 11) is 1.63. The zero-order valence-corrected chi connectivity index (χ0v) is 21.9. The van der Waals surface area contributed by atoms with Crippen LogP contribution in [0.5, 0.6) is 11.5 Å². The van der Waals surface area contributed by atoms with Gasteiger partial charge in [0.1, 0.15) is 11.5 Å². The molecule has 0 amide bonds. The molecule has 1 N–H and O–H groups in total. The van der Waals surface area contributed by atoms with Crippen molar-refractivity contribution in [2.24, 2.45) is 0 Å². The molecule has 1 heterocycles. The third kappa shape index (κ3) is 5.61. The van der Waals surface area contributed by atoms with Gasteiger partial charge in [-0.1, -0.05) is 31.2 Å². The van der Waals surface area contributed by atoms with Crippen LogP contribution in [0.1, 0.15) is 69.9 Å². The van der Waals surface area contributed by atoms with Gasteiger partial charge in [0.15, 0.2) is 5.78 Å². The number of rotatable bonds is 7. The Labute approximate surface area is 217 Å². The van der Waals surface area contributed by atoms with Crippen LogP contribution in [0.15, 0.2) is 71.1 Å². The van der Waals surface area contributed by atoms with Crippen LogP contribution in [0.4, 0.5) is 0 Å². The normalized spacial score (nSPS) is 20.1. The number of esters is 2. The van der Waals surface area contributed by atoms with E-state index in [0.717, 1.165) is 22.6 Å². The molecule has 0 bridgehead atoms. The Morgan fingerprint density at radius 1 is 1.00 bits per heavy atom. The monoisotopic (exact) mass is 503 g/mol. The molecule has 0 spiro atoms. The van der Waals surface area contributed by atoms with E-state index >= 15 is 0 Å². The number of dihydropyridines is 1. The van der Waals surface area contributed by atoms with Gasteiger partial charge in [-0.15, -0.1) is 0 Å². The molecule has 0 saturated heterocycles. The molecule has 4 rings (SSSR count). The van der Waals surface area contributed by atoms with Gasteiger partial charge in [0, 0.05) is 36.2 Å². The van der Waals surface area contributed by atoms with Gasteiger partial charge in [0.2, 0.25) is 0 Å². The van der Waals surface area contributed by atoms with Gasteiger partial charge in [0.05, 0.1) is 18.8 Å². The van der Waals surface area contributed by atoms with Crippen molar-refractivity contribution in [3.63, 3.8) is 0 Å². The first-order valence-electron chi connectivity index (χ1n) is 12.6. The lowest BCUT2D eigenvalue weighted by Crippen LogP contribution is -2.36. The van der Waals surface area contributed by atoms with Gasteiger partial charge in [-0.2, -0.15) is 0 Å². The first-order valence-corrected chi connectivity index (χ1v) is 12.6. The number of carbonyl (C=O) groups excluding carboxylic acids is 3. The van der Waals surface area contributed by atoms with Crippen molar-refractivity contribution in [2.45, 2.75) is 64.9 Å². The fourth-order valence-corrected chi connectivity index (χ4v) is 4.98. The Morgan fingerprint density at radius 2 is 1.62 bits per heavy atom. The zero-order chi connectivity index (χ0) is 26.7. The predicted octanol–water partition coefficient (Wildman–Crippen LogP) is 5.32. The number of methoxy groups -OCH3 is 1. The molecule has 7 heteroatoms. The molecule has 0 aromatic heterocycles. The van der Waals surface area contributed by atoms with E-state index in [1.54, 1.807) is 31.4 Å². The summed E-state index contributed by atoms with van der Waals surface area (Å²) >= 11 is 0. The third-order valence-electron chi connectivity index (χ3n) is 6.99. The highest BCUT2D eigenvalue weighted by Crippen LogP contribution is 2.46. The maximum Gasteiger partial charge on any atom is 0.337 e. The second-order valence-corrected chi connectivity index (χ2v) is 9.58. The summed E-state index contributed by atoms with van der Waals surface area (Å²) in [6.45, 7) is 6.99. The molecule has 7 nitrogen and oxygen atoms in total. The summed E-state index contributed by atoms with van der Waals surface area (Å²) in [5, 5.41) is 3.37. The second-order valence-electron chi connectivity index (χ2n) is 9.58. The Bertz CT molecular complexity index is 1260. The van der Waals surface area contributed by atoms with E-state index < -0.39 is 17.9 Å². The van der Waals surface area contributed by atoms with E-state index in [-0.39, 0.29) is 17.8 Å². The van der Waals surface area contributed by atoms with Crippen molar-refractivity contribution in [3.05, 3.63) is 82.2 Å². The highest BCUT2D eigenvalue weighted by atomic mass is 16.5. The molecule has 2 aromatic rings. The summed E-state index contributed by atoms with van der Waals surface area (Å²) in [5.41, 5.74) is 4.33. The molecule has 0 saturated carbocycles. The second kappa shape index (κ2) is 11.0. The van der Waals surface area contributed by atoms with Crippen molar-refractivity contribution in [1.29, 1.82) is 0 Å². The van der Waals surface area contributed by atoms with E-state index in [9.17, 15) is 14.4 Å². The van der Waals surface area contributed by atoms with E-state index in [1.165, 1.54) is 6.92 Å². The van der Waals surface area contributed by atoms with Crippen molar-refractivity contribution in [2.75, 3.05) is 7.11 Å².